The number of carbonyl (C=O) groups excluding carboxylic acids is 2. The van der Waals surface area contributed by atoms with Gasteiger partial charge in [0.15, 0.2) is 0 Å². The highest BCUT2D eigenvalue weighted by molar-refractivity contribution is 6.33. The summed E-state index contributed by atoms with van der Waals surface area (Å²) in [6.45, 7) is 3.83. The maximum absolute atomic E-state index is 12.1. The Morgan fingerprint density at radius 3 is 2.84 bits per heavy atom. The van der Waals surface area contributed by atoms with Crippen molar-refractivity contribution in [2.24, 2.45) is 0 Å². The number of carbonyl (C=O) groups is 2. The van der Waals surface area contributed by atoms with Crippen LogP contribution in [-0.2, 0) is 9.59 Å². The van der Waals surface area contributed by atoms with Crippen LogP contribution in [0.5, 0.6) is 0 Å². The van der Waals surface area contributed by atoms with Gasteiger partial charge in [-0.2, -0.15) is 0 Å². The molecule has 2 rings (SSSR count). The molecule has 1 heterocycles. The average Bonchev–Trinajstić information content (AvgIpc) is 2.90. The minimum Gasteiger partial charge on any atom is -0.323 e. The maximum Gasteiger partial charge on any atom is 0.251 e. The van der Waals surface area contributed by atoms with E-state index in [-0.39, 0.29) is 11.8 Å². The fraction of sp³-hybridized carbons (Fsp3) is 0.143. The summed E-state index contributed by atoms with van der Waals surface area (Å²) in [5.74, 6) is -0.568. The quantitative estimate of drug-likeness (QED) is 0.680. The van der Waals surface area contributed by atoms with Crippen molar-refractivity contribution in [2.45, 2.75) is 6.04 Å². The average molecular weight is 277 g/mol. The molecule has 1 aliphatic rings. The summed E-state index contributed by atoms with van der Waals surface area (Å²) in [5, 5.41) is 3.17. The van der Waals surface area contributed by atoms with Crippen LogP contribution in [0.3, 0.4) is 0 Å². The van der Waals surface area contributed by atoms with Crippen LogP contribution >= 0.6 is 11.6 Å². The summed E-state index contributed by atoms with van der Waals surface area (Å²) < 4.78 is 0. The molecule has 0 saturated carbocycles. The Morgan fingerprint density at radius 1 is 1.42 bits per heavy atom. The molecular weight excluding hydrogens is 264 g/mol. The van der Waals surface area contributed by atoms with E-state index in [1.54, 1.807) is 36.4 Å². The van der Waals surface area contributed by atoms with Gasteiger partial charge in [-0.1, -0.05) is 42.5 Å². The molecule has 2 amide bonds. The second-order valence-electron chi connectivity index (χ2n) is 4.04. The Bertz CT molecular complexity index is 554. The number of amides is 2. The number of hydrogen-bond donors (Lipinski definition) is 1. The van der Waals surface area contributed by atoms with Gasteiger partial charge in [0.2, 0.25) is 5.91 Å². The molecule has 19 heavy (non-hydrogen) atoms. The van der Waals surface area contributed by atoms with Crippen molar-refractivity contribution < 1.29 is 9.59 Å². The normalized spacial score (nSPS) is 17.3. The number of halogens is 1. The molecule has 1 aliphatic heterocycles. The van der Waals surface area contributed by atoms with Crippen molar-refractivity contribution in [3.05, 3.63) is 54.1 Å². The minimum absolute atomic E-state index is 0.274. The van der Waals surface area contributed by atoms with Crippen molar-refractivity contribution in [3.8, 4) is 0 Å². The molecule has 4 nitrogen and oxygen atoms in total. The highest BCUT2D eigenvalue weighted by Gasteiger charge is 2.29. The molecule has 98 valence electrons. The van der Waals surface area contributed by atoms with Gasteiger partial charge in [0.1, 0.15) is 6.04 Å². The second-order valence-corrected chi connectivity index (χ2v) is 4.44. The van der Waals surface area contributed by atoms with Crippen LogP contribution in [-0.4, -0.2) is 29.3 Å². The summed E-state index contributed by atoms with van der Waals surface area (Å²) in [5.41, 5.74) is 0.528. The van der Waals surface area contributed by atoms with E-state index >= 15 is 0 Å². The molecule has 5 heteroatoms. The smallest absolute Gasteiger partial charge is 0.251 e. The predicted octanol–water partition coefficient (Wildman–Crippen LogP) is 2.23. The fourth-order valence-electron chi connectivity index (χ4n) is 1.86. The third kappa shape index (κ3) is 2.85. The van der Waals surface area contributed by atoms with Gasteiger partial charge in [-0.25, -0.2) is 0 Å². The van der Waals surface area contributed by atoms with Crippen molar-refractivity contribution in [2.75, 3.05) is 11.9 Å². The van der Waals surface area contributed by atoms with E-state index in [0.29, 0.717) is 17.3 Å². The van der Waals surface area contributed by atoms with Crippen LogP contribution in [0, 0.1) is 0 Å². The molecule has 0 bridgehead atoms. The number of rotatable bonds is 3. The first-order chi connectivity index (χ1) is 9.13. The van der Waals surface area contributed by atoms with E-state index < -0.39 is 6.04 Å². The van der Waals surface area contributed by atoms with Gasteiger partial charge >= 0.3 is 0 Å². The van der Waals surface area contributed by atoms with Crippen LogP contribution in [0.25, 0.3) is 0 Å². The minimum atomic E-state index is -0.623. The Labute approximate surface area is 116 Å². The van der Waals surface area contributed by atoms with Gasteiger partial charge in [0.25, 0.3) is 5.91 Å². The predicted molar refractivity (Wildman–Crippen MR) is 74.9 cm³/mol. The molecule has 0 radical (unpaired) electrons. The second kappa shape index (κ2) is 5.71. The molecule has 1 N–H and O–H groups in total. The van der Waals surface area contributed by atoms with Crippen LogP contribution in [0.1, 0.15) is 0 Å². The zero-order valence-corrected chi connectivity index (χ0v) is 10.9. The van der Waals surface area contributed by atoms with Crippen molar-refractivity contribution in [3.63, 3.8) is 0 Å². The highest BCUT2D eigenvalue weighted by Crippen LogP contribution is 2.21. The number of para-hydroxylation sites is 1. The number of anilines is 1. The van der Waals surface area contributed by atoms with Gasteiger partial charge in [-0.3, -0.25) is 9.59 Å². The summed E-state index contributed by atoms with van der Waals surface area (Å²) >= 11 is 5.97. The first-order valence-corrected chi connectivity index (χ1v) is 6.16. The summed E-state index contributed by atoms with van der Waals surface area (Å²) in [4.78, 5) is 25.2. The molecule has 0 aromatic heterocycles. The molecule has 0 fully saturated rings. The lowest BCUT2D eigenvalue weighted by atomic mass is 10.2. The van der Waals surface area contributed by atoms with E-state index in [0.717, 1.165) is 0 Å². The standard InChI is InChI=1S/C14H13ClN2O2/c1-2-13(18)17-9-5-8-12(17)14(19)16-11-7-4-3-6-10(11)15/h2-8,12H,1,9H2,(H,16,19)/t12-/m0/s1. The molecule has 1 aromatic rings. The number of hydrogen-bond acceptors (Lipinski definition) is 2. The van der Waals surface area contributed by atoms with E-state index in [4.69, 9.17) is 11.6 Å². The van der Waals surface area contributed by atoms with Gasteiger partial charge in [-0.05, 0) is 18.2 Å². The Hall–Kier alpha value is -2.07. The van der Waals surface area contributed by atoms with Gasteiger partial charge in [0.05, 0.1) is 10.7 Å². The number of benzene rings is 1. The van der Waals surface area contributed by atoms with Crippen LogP contribution < -0.4 is 5.32 Å². The lowest BCUT2D eigenvalue weighted by Crippen LogP contribution is -2.42. The lowest BCUT2D eigenvalue weighted by Gasteiger charge is -2.22. The van der Waals surface area contributed by atoms with Gasteiger partial charge < -0.3 is 10.2 Å². The van der Waals surface area contributed by atoms with Gasteiger partial charge in [-0.15, -0.1) is 0 Å². The summed E-state index contributed by atoms with van der Waals surface area (Å²) in [6.07, 6.45) is 4.66. The molecular formula is C14H13ClN2O2. The first-order valence-electron chi connectivity index (χ1n) is 5.78. The van der Waals surface area contributed by atoms with Crippen molar-refractivity contribution in [1.29, 1.82) is 0 Å². The van der Waals surface area contributed by atoms with Crippen LogP contribution in [0.2, 0.25) is 5.02 Å². The van der Waals surface area contributed by atoms with E-state index in [2.05, 4.69) is 11.9 Å². The highest BCUT2D eigenvalue weighted by atomic mass is 35.5. The summed E-state index contributed by atoms with van der Waals surface area (Å²) in [6, 6.07) is 6.33. The zero-order chi connectivity index (χ0) is 13.8. The zero-order valence-electron chi connectivity index (χ0n) is 10.2. The fourth-order valence-corrected chi connectivity index (χ4v) is 2.05. The Kier molecular flexibility index (Phi) is 4.02. The Balaban J connectivity index is 2.12. The van der Waals surface area contributed by atoms with Crippen molar-refractivity contribution >= 4 is 29.1 Å². The van der Waals surface area contributed by atoms with Crippen LogP contribution in [0.15, 0.2) is 49.1 Å². The molecule has 1 aromatic carbocycles. The molecule has 0 spiro atoms. The first kappa shape index (κ1) is 13.4. The van der Waals surface area contributed by atoms with Gasteiger partial charge in [0, 0.05) is 6.54 Å². The third-order valence-electron chi connectivity index (χ3n) is 2.81. The number of nitrogens with zero attached hydrogens (tertiary/aromatic N) is 1. The topological polar surface area (TPSA) is 49.4 Å². The molecule has 0 saturated heterocycles. The maximum atomic E-state index is 12.1. The molecule has 0 aliphatic carbocycles. The molecule has 1 atom stereocenters. The Morgan fingerprint density at radius 2 is 2.16 bits per heavy atom. The lowest BCUT2D eigenvalue weighted by molar-refractivity contribution is -0.131. The SMILES string of the molecule is C=CC(=O)N1CC=C[C@H]1C(=O)Nc1ccccc1Cl. The van der Waals surface area contributed by atoms with E-state index in [9.17, 15) is 9.59 Å². The monoisotopic (exact) mass is 276 g/mol. The molecule has 0 unspecified atom stereocenters. The van der Waals surface area contributed by atoms with E-state index in [1.165, 1.54) is 11.0 Å². The van der Waals surface area contributed by atoms with Crippen molar-refractivity contribution in [1.82, 2.24) is 4.90 Å². The summed E-state index contributed by atoms with van der Waals surface area (Å²) in [7, 11) is 0. The number of nitrogens with one attached hydrogen (secondary N) is 1. The third-order valence-corrected chi connectivity index (χ3v) is 3.14. The largest absolute Gasteiger partial charge is 0.323 e. The van der Waals surface area contributed by atoms with Crippen LogP contribution in [0.4, 0.5) is 5.69 Å². The van der Waals surface area contributed by atoms with E-state index in [1.807, 2.05) is 0 Å².